The number of rotatable bonds is 3. The molecule has 8 heteroatoms. The van der Waals surface area contributed by atoms with Gasteiger partial charge in [0.25, 0.3) is 11.2 Å². The van der Waals surface area contributed by atoms with Gasteiger partial charge in [-0.05, 0) is 37.3 Å². The molecule has 0 aliphatic rings. The van der Waals surface area contributed by atoms with Gasteiger partial charge in [-0.3, -0.25) is 19.5 Å². The standard InChI is InChI=1S/C17H13N3O5/c1-10-18-15-9-13(20(23)24)7-8-14(15)16(21)19(10)12-5-3-11(4-6-12)17(22)25-2/h3-9H,1-2H3. The summed E-state index contributed by atoms with van der Waals surface area (Å²) in [6.45, 7) is 1.63. The lowest BCUT2D eigenvalue weighted by Gasteiger charge is -2.11. The van der Waals surface area contributed by atoms with Gasteiger partial charge in [0.15, 0.2) is 0 Å². The molecule has 0 aliphatic carbocycles. The maximum atomic E-state index is 12.8. The largest absolute Gasteiger partial charge is 0.465 e. The van der Waals surface area contributed by atoms with Gasteiger partial charge in [0.05, 0.1) is 34.2 Å². The van der Waals surface area contributed by atoms with Crippen LogP contribution in [-0.4, -0.2) is 27.6 Å². The Morgan fingerprint density at radius 2 is 1.88 bits per heavy atom. The number of carbonyl (C=O) groups is 1. The third-order valence-corrected chi connectivity index (χ3v) is 3.78. The van der Waals surface area contributed by atoms with Gasteiger partial charge >= 0.3 is 5.97 Å². The summed E-state index contributed by atoms with van der Waals surface area (Å²) in [5.74, 6) is -0.0941. The van der Waals surface area contributed by atoms with E-state index >= 15 is 0 Å². The lowest BCUT2D eigenvalue weighted by Crippen LogP contribution is -2.22. The molecular weight excluding hydrogens is 326 g/mol. The van der Waals surface area contributed by atoms with E-state index in [2.05, 4.69) is 9.72 Å². The number of hydrogen-bond acceptors (Lipinski definition) is 6. The molecule has 0 fully saturated rings. The van der Waals surface area contributed by atoms with Crippen LogP contribution in [-0.2, 0) is 4.74 Å². The number of nitro benzene ring substituents is 1. The molecule has 0 N–H and O–H groups in total. The van der Waals surface area contributed by atoms with Crippen LogP contribution in [0.1, 0.15) is 16.2 Å². The van der Waals surface area contributed by atoms with Gasteiger partial charge in [-0.15, -0.1) is 0 Å². The highest BCUT2D eigenvalue weighted by molar-refractivity contribution is 5.89. The molecule has 0 unspecified atom stereocenters. The molecule has 2 aromatic carbocycles. The van der Waals surface area contributed by atoms with E-state index in [-0.39, 0.29) is 22.1 Å². The number of ether oxygens (including phenoxy) is 1. The third kappa shape index (κ3) is 2.85. The van der Waals surface area contributed by atoms with E-state index in [1.165, 1.54) is 29.9 Å². The Bertz CT molecular complexity index is 1050. The van der Waals surface area contributed by atoms with Gasteiger partial charge in [0.2, 0.25) is 0 Å². The van der Waals surface area contributed by atoms with Crippen LogP contribution in [0, 0.1) is 17.0 Å². The van der Waals surface area contributed by atoms with Crippen molar-refractivity contribution in [2.45, 2.75) is 6.92 Å². The van der Waals surface area contributed by atoms with E-state index in [9.17, 15) is 19.7 Å². The first-order chi connectivity index (χ1) is 11.9. The van der Waals surface area contributed by atoms with Crippen LogP contribution in [0.4, 0.5) is 5.69 Å². The van der Waals surface area contributed by atoms with Crippen molar-refractivity contribution in [1.29, 1.82) is 0 Å². The van der Waals surface area contributed by atoms with Gasteiger partial charge in [-0.25, -0.2) is 9.78 Å². The zero-order chi connectivity index (χ0) is 18.1. The van der Waals surface area contributed by atoms with Crippen molar-refractivity contribution >= 4 is 22.6 Å². The molecule has 3 rings (SSSR count). The van der Waals surface area contributed by atoms with E-state index in [1.54, 1.807) is 31.2 Å². The monoisotopic (exact) mass is 339 g/mol. The minimum Gasteiger partial charge on any atom is -0.465 e. The Labute approximate surface area is 141 Å². The Morgan fingerprint density at radius 1 is 1.20 bits per heavy atom. The van der Waals surface area contributed by atoms with Gasteiger partial charge in [-0.1, -0.05) is 0 Å². The number of carbonyl (C=O) groups excluding carboxylic acids is 1. The number of nitrogens with zero attached hydrogens (tertiary/aromatic N) is 3. The SMILES string of the molecule is COC(=O)c1ccc(-n2c(C)nc3cc([N+](=O)[O-])ccc3c2=O)cc1. The molecule has 1 aromatic heterocycles. The highest BCUT2D eigenvalue weighted by Crippen LogP contribution is 2.19. The minimum absolute atomic E-state index is 0.126. The van der Waals surface area contributed by atoms with Crippen LogP contribution < -0.4 is 5.56 Å². The predicted octanol–water partition coefficient (Wildman–Crippen LogP) is 2.39. The molecule has 126 valence electrons. The van der Waals surface area contributed by atoms with Crippen LogP contribution >= 0.6 is 0 Å². The molecule has 0 radical (unpaired) electrons. The maximum absolute atomic E-state index is 12.8. The van der Waals surface area contributed by atoms with E-state index in [4.69, 9.17) is 0 Å². The summed E-state index contributed by atoms with van der Waals surface area (Å²) in [6, 6.07) is 10.3. The van der Waals surface area contributed by atoms with Gasteiger partial charge < -0.3 is 4.74 Å². The molecule has 8 nitrogen and oxygen atoms in total. The Morgan fingerprint density at radius 3 is 2.48 bits per heavy atom. The number of methoxy groups -OCH3 is 1. The zero-order valence-electron chi connectivity index (χ0n) is 13.4. The number of aromatic nitrogens is 2. The summed E-state index contributed by atoms with van der Waals surface area (Å²) < 4.78 is 6.03. The number of fused-ring (bicyclic) bond motifs is 1. The highest BCUT2D eigenvalue weighted by Gasteiger charge is 2.14. The Kier molecular flexibility index (Phi) is 4.02. The predicted molar refractivity (Wildman–Crippen MR) is 90.1 cm³/mol. The molecule has 1 heterocycles. The Hall–Kier alpha value is -3.55. The fourth-order valence-corrected chi connectivity index (χ4v) is 2.57. The van der Waals surface area contributed by atoms with Crippen molar-refractivity contribution in [3.05, 3.63) is 74.3 Å². The molecule has 0 atom stereocenters. The molecule has 0 bridgehead atoms. The van der Waals surface area contributed by atoms with E-state index in [0.29, 0.717) is 17.1 Å². The summed E-state index contributed by atoms with van der Waals surface area (Å²) in [7, 11) is 1.29. The van der Waals surface area contributed by atoms with E-state index < -0.39 is 10.9 Å². The maximum Gasteiger partial charge on any atom is 0.337 e. The topological polar surface area (TPSA) is 104 Å². The number of esters is 1. The number of nitro groups is 1. The summed E-state index contributed by atoms with van der Waals surface area (Å²) in [6.07, 6.45) is 0. The van der Waals surface area contributed by atoms with Crippen LogP contribution in [0.25, 0.3) is 16.6 Å². The van der Waals surface area contributed by atoms with Crippen molar-refractivity contribution in [1.82, 2.24) is 9.55 Å². The van der Waals surface area contributed by atoms with E-state index in [1.807, 2.05) is 0 Å². The van der Waals surface area contributed by atoms with Crippen LogP contribution in [0.15, 0.2) is 47.3 Å². The molecule has 0 amide bonds. The van der Waals surface area contributed by atoms with E-state index in [0.717, 1.165) is 0 Å². The second-order valence-electron chi connectivity index (χ2n) is 5.30. The molecule has 0 saturated heterocycles. The van der Waals surface area contributed by atoms with Gasteiger partial charge in [0.1, 0.15) is 5.82 Å². The van der Waals surface area contributed by atoms with Crippen molar-refractivity contribution < 1.29 is 14.5 Å². The van der Waals surface area contributed by atoms with Crippen molar-refractivity contribution in [2.75, 3.05) is 7.11 Å². The van der Waals surface area contributed by atoms with Crippen LogP contribution in [0.3, 0.4) is 0 Å². The average Bonchev–Trinajstić information content (AvgIpc) is 2.61. The van der Waals surface area contributed by atoms with Crippen molar-refractivity contribution in [3.8, 4) is 5.69 Å². The molecular formula is C17H13N3O5. The minimum atomic E-state index is -0.534. The molecule has 25 heavy (non-hydrogen) atoms. The smallest absolute Gasteiger partial charge is 0.337 e. The first-order valence-electron chi connectivity index (χ1n) is 7.29. The lowest BCUT2D eigenvalue weighted by molar-refractivity contribution is -0.384. The number of hydrogen-bond donors (Lipinski definition) is 0. The summed E-state index contributed by atoms with van der Waals surface area (Å²) in [5.41, 5.74) is 0.686. The number of benzene rings is 2. The lowest BCUT2D eigenvalue weighted by atomic mass is 10.2. The fourth-order valence-electron chi connectivity index (χ4n) is 2.57. The molecule has 0 aliphatic heterocycles. The van der Waals surface area contributed by atoms with Crippen molar-refractivity contribution in [3.63, 3.8) is 0 Å². The second kappa shape index (κ2) is 6.16. The third-order valence-electron chi connectivity index (χ3n) is 3.78. The average molecular weight is 339 g/mol. The van der Waals surface area contributed by atoms with Gasteiger partial charge in [0, 0.05) is 12.1 Å². The van der Waals surface area contributed by atoms with Gasteiger partial charge in [-0.2, -0.15) is 0 Å². The highest BCUT2D eigenvalue weighted by atomic mass is 16.6. The quantitative estimate of drug-likeness (QED) is 0.412. The number of aryl methyl sites for hydroxylation is 1. The second-order valence-corrected chi connectivity index (χ2v) is 5.30. The molecule has 0 saturated carbocycles. The first-order valence-corrected chi connectivity index (χ1v) is 7.29. The fraction of sp³-hybridized carbons (Fsp3) is 0.118. The summed E-state index contributed by atoms with van der Waals surface area (Å²) in [5, 5.41) is 11.1. The Balaban J connectivity index is 2.17. The molecule has 0 spiro atoms. The molecule has 3 aromatic rings. The van der Waals surface area contributed by atoms with Crippen molar-refractivity contribution in [2.24, 2.45) is 0 Å². The normalized spacial score (nSPS) is 10.6. The first kappa shape index (κ1) is 16.3. The van der Waals surface area contributed by atoms with Crippen LogP contribution in [0.5, 0.6) is 0 Å². The van der Waals surface area contributed by atoms with Crippen LogP contribution in [0.2, 0.25) is 0 Å². The summed E-state index contributed by atoms with van der Waals surface area (Å²) >= 11 is 0. The number of non-ortho nitro benzene ring substituents is 1. The summed E-state index contributed by atoms with van der Waals surface area (Å²) in [4.78, 5) is 38.9. The zero-order valence-corrected chi connectivity index (χ0v) is 13.4.